The number of fused-ring (bicyclic) bond motifs is 1. The SMILES string of the molecule is O=C(c1cccnc1Oc1ccc(Cl)cc1)N1CCCC1c1nnc2c(C(F)(F)F)cccn12. The van der Waals surface area contributed by atoms with Crippen molar-refractivity contribution in [3.63, 3.8) is 0 Å². The Morgan fingerprint density at radius 1 is 1.09 bits per heavy atom. The number of halogens is 4. The van der Waals surface area contributed by atoms with Crippen molar-refractivity contribution in [3.8, 4) is 11.6 Å². The summed E-state index contributed by atoms with van der Waals surface area (Å²) in [6.45, 7) is 0.409. The average Bonchev–Trinajstić information content (AvgIpc) is 3.46. The van der Waals surface area contributed by atoms with Crippen LogP contribution < -0.4 is 4.74 Å². The lowest BCUT2D eigenvalue weighted by Gasteiger charge is -2.24. The monoisotopic (exact) mass is 487 g/mol. The van der Waals surface area contributed by atoms with Crippen molar-refractivity contribution in [3.05, 3.63) is 82.9 Å². The van der Waals surface area contributed by atoms with Crippen LogP contribution in [0.5, 0.6) is 11.6 Å². The molecule has 0 spiro atoms. The number of carbonyl (C=O) groups excluding carboxylic acids is 1. The molecule has 1 unspecified atom stereocenters. The van der Waals surface area contributed by atoms with Gasteiger partial charge >= 0.3 is 6.18 Å². The van der Waals surface area contributed by atoms with Gasteiger partial charge in [0.05, 0.1) is 6.04 Å². The molecule has 34 heavy (non-hydrogen) atoms. The maximum absolute atomic E-state index is 13.5. The zero-order chi connectivity index (χ0) is 23.9. The van der Waals surface area contributed by atoms with Gasteiger partial charge in [-0.1, -0.05) is 11.6 Å². The van der Waals surface area contributed by atoms with E-state index in [-0.39, 0.29) is 28.8 Å². The van der Waals surface area contributed by atoms with Crippen LogP contribution in [0.2, 0.25) is 5.02 Å². The van der Waals surface area contributed by atoms with Crippen LogP contribution in [0.3, 0.4) is 0 Å². The molecule has 1 aliphatic rings. The summed E-state index contributed by atoms with van der Waals surface area (Å²) >= 11 is 5.92. The number of ether oxygens (including phenoxy) is 1. The van der Waals surface area contributed by atoms with Crippen LogP contribution in [0, 0.1) is 0 Å². The number of hydrogen-bond acceptors (Lipinski definition) is 5. The van der Waals surface area contributed by atoms with Gasteiger partial charge in [0.2, 0.25) is 5.88 Å². The summed E-state index contributed by atoms with van der Waals surface area (Å²) in [7, 11) is 0. The smallest absolute Gasteiger partial charge is 0.420 e. The lowest BCUT2D eigenvalue weighted by Crippen LogP contribution is -2.32. The highest BCUT2D eigenvalue weighted by atomic mass is 35.5. The molecule has 1 aromatic carbocycles. The van der Waals surface area contributed by atoms with E-state index < -0.39 is 17.8 Å². The Morgan fingerprint density at radius 3 is 2.65 bits per heavy atom. The van der Waals surface area contributed by atoms with Crippen molar-refractivity contribution >= 4 is 23.2 Å². The Hall–Kier alpha value is -3.66. The van der Waals surface area contributed by atoms with Gasteiger partial charge in [-0.2, -0.15) is 13.2 Å². The highest BCUT2D eigenvalue weighted by molar-refractivity contribution is 6.30. The molecule has 5 rings (SSSR count). The number of hydrogen-bond donors (Lipinski definition) is 0. The van der Waals surface area contributed by atoms with E-state index in [2.05, 4.69) is 15.2 Å². The summed E-state index contributed by atoms with van der Waals surface area (Å²) in [5, 5.41) is 8.36. The predicted molar refractivity (Wildman–Crippen MR) is 117 cm³/mol. The van der Waals surface area contributed by atoms with Gasteiger partial charge in [0.15, 0.2) is 11.5 Å². The fraction of sp³-hybridized carbons (Fsp3) is 0.217. The van der Waals surface area contributed by atoms with Gasteiger partial charge in [0.25, 0.3) is 5.91 Å². The third-order valence-electron chi connectivity index (χ3n) is 5.61. The zero-order valence-corrected chi connectivity index (χ0v) is 18.3. The Kier molecular flexibility index (Phi) is 5.60. The molecule has 1 fully saturated rings. The first kappa shape index (κ1) is 22.1. The van der Waals surface area contributed by atoms with Gasteiger partial charge < -0.3 is 9.64 Å². The highest BCUT2D eigenvalue weighted by Gasteiger charge is 2.38. The Morgan fingerprint density at radius 2 is 1.88 bits per heavy atom. The molecule has 174 valence electrons. The zero-order valence-electron chi connectivity index (χ0n) is 17.5. The van der Waals surface area contributed by atoms with Crippen molar-refractivity contribution in [2.75, 3.05) is 6.54 Å². The number of likely N-dealkylation sites (tertiary alicyclic amines) is 1. The maximum atomic E-state index is 13.5. The van der Waals surface area contributed by atoms with E-state index >= 15 is 0 Å². The van der Waals surface area contributed by atoms with Gasteiger partial charge in [0, 0.05) is 24.0 Å². The third-order valence-corrected chi connectivity index (χ3v) is 5.86. The molecule has 1 saturated heterocycles. The summed E-state index contributed by atoms with van der Waals surface area (Å²) in [4.78, 5) is 19.3. The predicted octanol–water partition coefficient (Wildman–Crippen LogP) is 5.57. The molecule has 3 aromatic heterocycles. The van der Waals surface area contributed by atoms with E-state index in [0.29, 0.717) is 30.2 Å². The lowest BCUT2D eigenvalue weighted by molar-refractivity contribution is -0.136. The Bertz CT molecular complexity index is 1360. The van der Waals surface area contributed by atoms with E-state index in [1.165, 1.54) is 22.9 Å². The molecule has 1 aliphatic heterocycles. The summed E-state index contributed by atoms with van der Waals surface area (Å²) < 4.78 is 47.3. The second-order valence-corrected chi connectivity index (χ2v) is 8.18. The van der Waals surface area contributed by atoms with Gasteiger partial charge in [-0.3, -0.25) is 9.20 Å². The summed E-state index contributed by atoms with van der Waals surface area (Å²) in [6, 6.07) is 11.6. The minimum Gasteiger partial charge on any atom is -0.438 e. The van der Waals surface area contributed by atoms with Crippen LogP contribution >= 0.6 is 11.6 Å². The summed E-state index contributed by atoms with van der Waals surface area (Å²) in [5.74, 6) is 0.489. The minimum atomic E-state index is -4.57. The first-order valence-electron chi connectivity index (χ1n) is 10.4. The molecule has 4 aromatic rings. The summed E-state index contributed by atoms with van der Waals surface area (Å²) in [6.07, 6.45) is -0.385. The van der Waals surface area contributed by atoms with Crippen molar-refractivity contribution in [1.82, 2.24) is 24.5 Å². The molecule has 0 radical (unpaired) electrons. The first-order chi connectivity index (χ1) is 16.3. The van der Waals surface area contributed by atoms with E-state index in [4.69, 9.17) is 16.3 Å². The number of alkyl halides is 3. The molecule has 4 heterocycles. The molecule has 0 bridgehead atoms. The Balaban J connectivity index is 1.48. The second-order valence-electron chi connectivity index (χ2n) is 7.74. The number of benzene rings is 1. The minimum absolute atomic E-state index is 0.117. The van der Waals surface area contributed by atoms with Crippen LogP contribution in [-0.4, -0.2) is 36.9 Å². The van der Waals surface area contributed by atoms with Crippen LogP contribution in [0.4, 0.5) is 13.2 Å². The molecule has 0 N–H and O–H groups in total. The van der Waals surface area contributed by atoms with Crippen molar-refractivity contribution in [1.29, 1.82) is 0 Å². The molecule has 0 saturated carbocycles. The standard InChI is InChI=1S/C23H17ClF3N5O2/c24-14-7-9-15(10-8-14)34-21-16(4-1-11-28-21)22(33)31-12-3-6-18(31)20-30-29-19-17(23(25,26)27)5-2-13-32(19)20/h1-2,4-5,7-11,13,18H,3,6,12H2. The molecule has 0 aliphatic carbocycles. The molecular formula is C23H17ClF3N5O2. The normalized spacial score (nSPS) is 16.2. The van der Waals surface area contributed by atoms with E-state index in [1.807, 2.05) is 0 Å². The van der Waals surface area contributed by atoms with E-state index in [1.54, 1.807) is 41.3 Å². The van der Waals surface area contributed by atoms with Gasteiger partial charge in [0.1, 0.15) is 16.9 Å². The van der Waals surface area contributed by atoms with Crippen molar-refractivity contribution in [2.45, 2.75) is 25.1 Å². The third kappa shape index (κ3) is 4.05. The average molecular weight is 488 g/mol. The topological polar surface area (TPSA) is 72.6 Å². The quantitative estimate of drug-likeness (QED) is 0.376. The molecule has 1 amide bonds. The first-order valence-corrected chi connectivity index (χ1v) is 10.8. The van der Waals surface area contributed by atoms with E-state index in [0.717, 1.165) is 6.07 Å². The van der Waals surface area contributed by atoms with Crippen LogP contribution in [-0.2, 0) is 6.18 Å². The van der Waals surface area contributed by atoms with Crippen LogP contribution in [0.25, 0.3) is 5.65 Å². The summed E-state index contributed by atoms with van der Waals surface area (Å²) in [5.41, 5.74) is -0.942. The number of rotatable bonds is 4. The lowest BCUT2D eigenvalue weighted by atomic mass is 10.1. The molecule has 1 atom stereocenters. The van der Waals surface area contributed by atoms with Gasteiger partial charge in [-0.25, -0.2) is 4.98 Å². The van der Waals surface area contributed by atoms with Crippen molar-refractivity contribution in [2.24, 2.45) is 0 Å². The molecule has 7 nitrogen and oxygen atoms in total. The highest BCUT2D eigenvalue weighted by Crippen LogP contribution is 2.37. The molecule has 11 heteroatoms. The van der Waals surface area contributed by atoms with E-state index in [9.17, 15) is 18.0 Å². The van der Waals surface area contributed by atoms with Gasteiger partial charge in [-0.05, 0) is 61.4 Å². The second kappa shape index (κ2) is 8.60. The number of pyridine rings is 2. The number of nitrogens with zero attached hydrogens (tertiary/aromatic N) is 5. The van der Waals surface area contributed by atoms with Crippen LogP contribution in [0.1, 0.15) is 40.6 Å². The van der Waals surface area contributed by atoms with Gasteiger partial charge in [-0.15, -0.1) is 10.2 Å². The number of aromatic nitrogens is 4. The fourth-order valence-corrected chi connectivity index (χ4v) is 4.19. The maximum Gasteiger partial charge on any atom is 0.420 e. The number of amides is 1. The molecular weight excluding hydrogens is 471 g/mol. The van der Waals surface area contributed by atoms with Crippen molar-refractivity contribution < 1.29 is 22.7 Å². The van der Waals surface area contributed by atoms with Crippen LogP contribution in [0.15, 0.2) is 60.9 Å². The fourth-order valence-electron chi connectivity index (χ4n) is 4.06. The largest absolute Gasteiger partial charge is 0.438 e. The number of carbonyl (C=O) groups is 1. The Labute approximate surface area is 196 Å².